The molecule has 3 rings (SSSR count). The molecule has 2 fully saturated rings. The number of hydrogen-bond donors (Lipinski definition) is 1. The Bertz CT molecular complexity index is 677. The molecule has 1 aliphatic heterocycles. The van der Waals surface area contributed by atoms with E-state index in [2.05, 4.69) is 15.5 Å². The van der Waals surface area contributed by atoms with Crippen LogP contribution in [0.3, 0.4) is 0 Å². The zero-order valence-electron chi connectivity index (χ0n) is 16.8. The minimum absolute atomic E-state index is 0.148. The zero-order valence-corrected chi connectivity index (χ0v) is 16.8. The molecule has 0 radical (unpaired) electrons. The van der Waals surface area contributed by atoms with Crippen molar-refractivity contribution in [1.29, 1.82) is 0 Å². The fraction of sp³-hybridized carbons (Fsp3) is 0.789. The molecule has 0 spiro atoms. The van der Waals surface area contributed by atoms with Crippen molar-refractivity contribution in [3.63, 3.8) is 0 Å². The highest BCUT2D eigenvalue weighted by atomic mass is 16.5. The third kappa shape index (κ3) is 4.59. The lowest BCUT2D eigenvalue weighted by molar-refractivity contribution is -0.131. The maximum atomic E-state index is 12.5. The van der Waals surface area contributed by atoms with Crippen LogP contribution in [0, 0.1) is 5.92 Å². The van der Waals surface area contributed by atoms with E-state index in [1.165, 1.54) is 6.42 Å². The number of nitrogens with one attached hydrogen (secondary N) is 1. The highest BCUT2D eigenvalue weighted by Gasteiger charge is 2.36. The summed E-state index contributed by atoms with van der Waals surface area (Å²) in [5.74, 6) is 1.93. The van der Waals surface area contributed by atoms with Gasteiger partial charge in [-0.2, -0.15) is 4.98 Å². The van der Waals surface area contributed by atoms with Gasteiger partial charge in [0.05, 0.1) is 6.54 Å². The average molecular weight is 377 g/mol. The molecule has 8 nitrogen and oxygen atoms in total. The predicted octanol–water partition coefficient (Wildman–Crippen LogP) is 2.52. The third-order valence-corrected chi connectivity index (χ3v) is 5.50. The zero-order chi connectivity index (χ0) is 19.6. The predicted molar refractivity (Wildman–Crippen MR) is 99.9 cm³/mol. The van der Waals surface area contributed by atoms with Gasteiger partial charge in [-0.25, -0.2) is 4.79 Å². The van der Waals surface area contributed by atoms with E-state index in [4.69, 9.17) is 4.52 Å². The van der Waals surface area contributed by atoms with Gasteiger partial charge in [-0.1, -0.05) is 11.6 Å². The Kier molecular flexibility index (Phi) is 5.72. The molecule has 1 saturated heterocycles. The van der Waals surface area contributed by atoms with Crippen LogP contribution in [0.25, 0.3) is 0 Å². The van der Waals surface area contributed by atoms with Gasteiger partial charge in [-0.05, 0) is 40.5 Å². The lowest BCUT2D eigenvalue weighted by Crippen LogP contribution is -2.44. The van der Waals surface area contributed by atoms with Crippen molar-refractivity contribution >= 4 is 11.9 Å². The number of likely N-dealkylation sites (tertiary alicyclic amines) is 1. The molecule has 1 N–H and O–H groups in total. The molecule has 2 aliphatic rings. The van der Waals surface area contributed by atoms with Crippen LogP contribution in [0.15, 0.2) is 4.52 Å². The first-order valence-corrected chi connectivity index (χ1v) is 9.93. The second-order valence-electron chi connectivity index (χ2n) is 8.62. The molecule has 1 aromatic heterocycles. The molecule has 8 heteroatoms. The number of nitrogens with zero attached hydrogens (tertiary/aromatic N) is 4. The number of carbonyl (C=O) groups is 2. The number of rotatable bonds is 6. The van der Waals surface area contributed by atoms with Crippen molar-refractivity contribution in [2.45, 2.75) is 71.4 Å². The monoisotopic (exact) mass is 377 g/mol. The Morgan fingerprint density at radius 2 is 2.11 bits per heavy atom. The molecule has 27 heavy (non-hydrogen) atoms. The van der Waals surface area contributed by atoms with Crippen molar-refractivity contribution in [2.24, 2.45) is 5.92 Å². The lowest BCUT2D eigenvalue weighted by Gasteiger charge is -2.32. The topological polar surface area (TPSA) is 91.6 Å². The summed E-state index contributed by atoms with van der Waals surface area (Å²) in [6, 6.07) is -0.158. The number of hydrogen-bond acceptors (Lipinski definition) is 5. The third-order valence-electron chi connectivity index (χ3n) is 5.50. The fourth-order valence-corrected chi connectivity index (χ4v) is 3.56. The quantitative estimate of drug-likeness (QED) is 0.822. The number of carbonyl (C=O) groups excluding carboxylic acids is 2. The van der Waals surface area contributed by atoms with Gasteiger partial charge in [0.2, 0.25) is 11.8 Å². The Morgan fingerprint density at radius 1 is 1.37 bits per heavy atom. The van der Waals surface area contributed by atoms with Crippen molar-refractivity contribution in [1.82, 2.24) is 25.3 Å². The second-order valence-corrected chi connectivity index (χ2v) is 8.62. The largest absolute Gasteiger partial charge is 0.339 e. The smallest absolute Gasteiger partial charge is 0.317 e. The van der Waals surface area contributed by atoms with Gasteiger partial charge in [0.15, 0.2) is 5.82 Å². The maximum absolute atomic E-state index is 12.5. The number of urea groups is 1. The average Bonchev–Trinajstić information content (AvgIpc) is 3.15. The molecular formula is C19H31N5O3. The summed E-state index contributed by atoms with van der Waals surface area (Å²) >= 11 is 0. The van der Waals surface area contributed by atoms with Gasteiger partial charge >= 0.3 is 6.03 Å². The van der Waals surface area contributed by atoms with E-state index in [9.17, 15) is 9.59 Å². The summed E-state index contributed by atoms with van der Waals surface area (Å²) in [5.41, 5.74) is -0.179. The van der Waals surface area contributed by atoms with E-state index in [-0.39, 0.29) is 23.4 Å². The standard InChI is InChI=1S/C19H31N5O3/c1-5-23(12-15-21-17(27-22-15)14-7-6-8-14)18(26)20-10-13-9-16(25)24(11-13)19(2,3)4/h13-14H,5-12H2,1-4H3,(H,20,26). The second kappa shape index (κ2) is 7.86. The molecule has 0 bridgehead atoms. The highest BCUT2D eigenvalue weighted by molar-refractivity contribution is 5.79. The molecule has 1 unspecified atom stereocenters. The molecule has 1 atom stereocenters. The van der Waals surface area contributed by atoms with Crippen LogP contribution in [0.4, 0.5) is 4.79 Å². The van der Waals surface area contributed by atoms with Gasteiger partial charge < -0.3 is 19.6 Å². The van der Waals surface area contributed by atoms with E-state index in [1.807, 2.05) is 32.6 Å². The summed E-state index contributed by atoms with van der Waals surface area (Å²) in [5, 5.41) is 6.98. The normalized spacial score (nSPS) is 20.7. The lowest BCUT2D eigenvalue weighted by atomic mass is 9.85. The summed E-state index contributed by atoms with van der Waals surface area (Å²) in [6.07, 6.45) is 3.90. The van der Waals surface area contributed by atoms with E-state index in [0.717, 1.165) is 12.8 Å². The Hall–Kier alpha value is -2.12. The molecule has 3 amide bonds. The van der Waals surface area contributed by atoms with Crippen LogP contribution in [-0.4, -0.2) is 57.1 Å². The van der Waals surface area contributed by atoms with Crippen LogP contribution in [0.1, 0.15) is 71.0 Å². The molecule has 1 aromatic rings. The van der Waals surface area contributed by atoms with Crippen molar-refractivity contribution in [2.75, 3.05) is 19.6 Å². The Balaban J connectivity index is 1.49. The van der Waals surface area contributed by atoms with Crippen molar-refractivity contribution < 1.29 is 14.1 Å². The van der Waals surface area contributed by atoms with E-state index >= 15 is 0 Å². The molecule has 1 aliphatic carbocycles. The molecule has 0 aromatic carbocycles. The summed E-state index contributed by atoms with van der Waals surface area (Å²) in [7, 11) is 0. The Morgan fingerprint density at radius 3 is 2.67 bits per heavy atom. The molecule has 2 heterocycles. The summed E-state index contributed by atoms with van der Waals surface area (Å²) < 4.78 is 5.33. The van der Waals surface area contributed by atoms with Gasteiger partial charge in [0.1, 0.15) is 0 Å². The van der Waals surface area contributed by atoms with E-state index in [0.29, 0.717) is 50.2 Å². The van der Waals surface area contributed by atoms with Crippen molar-refractivity contribution in [3.05, 3.63) is 11.7 Å². The van der Waals surface area contributed by atoms with Gasteiger partial charge in [-0.15, -0.1) is 0 Å². The van der Waals surface area contributed by atoms with Crippen LogP contribution < -0.4 is 5.32 Å². The van der Waals surface area contributed by atoms with Crippen LogP contribution in [0.5, 0.6) is 0 Å². The van der Waals surface area contributed by atoms with E-state index < -0.39 is 0 Å². The van der Waals surface area contributed by atoms with Gasteiger partial charge in [-0.3, -0.25) is 4.79 Å². The molecular weight excluding hydrogens is 346 g/mol. The molecule has 1 saturated carbocycles. The maximum Gasteiger partial charge on any atom is 0.317 e. The summed E-state index contributed by atoms with van der Waals surface area (Å²) in [6.45, 7) is 10.1. The minimum atomic E-state index is -0.179. The number of aromatic nitrogens is 2. The minimum Gasteiger partial charge on any atom is -0.339 e. The van der Waals surface area contributed by atoms with Crippen LogP contribution in [-0.2, 0) is 11.3 Å². The fourth-order valence-electron chi connectivity index (χ4n) is 3.56. The number of amides is 3. The first-order valence-electron chi connectivity index (χ1n) is 9.93. The van der Waals surface area contributed by atoms with Gasteiger partial charge in [0, 0.05) is 43.4 Å². The Labute approximate surface area is 160 Å². The first-order chi connectivity index (χ1) is 12.8. The van der Waals surface area contributed by atoms with Crippen LogP contribution >= 0.6 is 0 Å². The first kappa shape index (κ1) is 19.6. The highest BCUT2D eigenvalue weighted by Crippen LogP contribution is 2.35. The summed E-state index contributed by atoms with van der Waals surface area (Å²) in [4.78, 5) is 32.7. The van der Waals surface area contributed by atoms with E-state index in [1.54, 1.807) is 4.90 Å². The van der Waals surface area contributed by atoms with Crippen molar-refractivity contribution in [3.8, 4) is 0 Å². The van der Waals surface area contributed by atoms with Crippen LogP contribution in [0.2, 0.25) is 0 Å². The van der Waals surface area contributed by atoms with Gasteiger partial charge in [0.25, 0.3) is 0 Å². The SMILES string of the molecule is CCN(Cc1noc(C2CCC2)n1)C(=O)NCC1CC(=O)N(C(C)(C)C)C1. The molecule has 150 valence electrons.